The van der Waals surface area contributed by atoms with Crippen molar-refractivity contribution in [3.05, 3.63) is 18.2 Å². The molecule has 0 unspecified atom stereocenters. The summed E-state index contributed by atoms with van der Waals surface area (Å²) in [6.07, 6.45) is 6.54. The minimum atomic E-state index is 0.253. The molecule has 0 aliphatic carbocycles. The van der Waals surface area contributed by atoms with Gasteiger partial charge in [0.15, 0.2) is 12.1 Å². The van der Waals surface area contributed by atoms with E-state index in [1.807, 2.05) is 0 Å². The minimum Gasteiger partial charge on any atom is -0.369 e. The largest absolute Gasteiger partial charge is 0.369 e. The Hall–Kier alpha value is -1.45. The summed E-state index contributed by atoms with van der Waals surface area (Å²) in [5, 5.41) is 0. The Balaban J connectivity index is 2.16. The molecule has 4 nitrogen and oxygen atoms in total. The third kappa shape index (κ3) is 1.66. The first-order valence-electron chi connectivity index (χ1n) is 4.42. The van der Waals surface area contributed by atoms with Crippen LogP contribution in [0.15, 0.2) is 12.4 Å². The highest BCUT2D eigenvalue weighted by molar-refractivity contribution is 5.68. The van der Waals surface area contributed by atoms with Gasteiger partial charge in [-0.25, -0.2) is 9.97 Å². The molecular formula is C9H11N3O. The average Bonchev–Trinajstić information content (AvgIpc) is 2.71. The molecule has 4 heteroatoms. The number of aromatic nitrogens is 2. The van der Waals surface area contributed by atoms with Gasteiger partial charge in [-0.05, 0) is 12.8 Å². The smallest absolute Gasteiger partial charge is 0.192 e. The van der Waals surface area contributed by atoms with Crippen molar-refractivity contribution < 1.29 is 4.79 Å². The van der Waals surface area contributed by atoms with Crippen molar-refractivity contribution in [2.24, 2.45) is 0 Å². The van der Waals surface area contributed by atoms with Crippen LogP contribution in [-0.2, 0) is 0 Å². The van der Waals surface area contributed by atoms with Gasteiger partial charge in [-0.15, -0.1) is 0 Å². The SMILES string of the molecule is O=Cc1ncc(N2CCCC2)cn1. The standard InChI is InChI=1S/C9H11N3O/c13-7-9-10-5-8(6-11-9)12-3-1-2-4-12/h5-7H,1-4H2. The lowest BCUT2D eigenvalue weighted by Crippen LogP contribution is -2.18. The van der Waals surface area contributed by atoms with Crippen molar-refractivity contribution in [2.45, 2.75) is 12.8 Å². The summed E-state index contributed by atoms with van der Waals surface area (Å²) < 4.78 is 0. The molecule has 2 rings (SSSR count). The normalized spacial score (nSPS) is 16.2. The second kappa shape index (κ2) is 3.51. The van der Waals surface area contributed by atoms with Gasteiger partial charge in [0.2, 0.25) is 0 Å². The summed E-state index contributed by atoms with van der Waals surface area (Å²) in [5.74, 6) is 0.253. The van der Waals surface area contributed by atoms with Crippen LogP contribution in [0.2, 0.25) is 0 Å². The van der Waals surface area contributed by atoms with Crippen molar-refractivity contribution >= 4 is 12.0 Å². The number of hydrogen-bond acceptors (Lipinski definition) is 4. The van der Waals surface area contributed by atoms with E-state index in [1.165, 1.54) is 12.8 Å². The van der Waals surface area contributed by atoms with Gasteiger partial charge in [-0.2, -0.15) is 0 Å². The molecule has 0 bridgehead atoms. The van der Waals surface area contributed by atoms with Crippen LogP contribution in [0.4, 0.5) is 5.69 Å². The third-order valence-corrected chi connectivity index (χ3v) is 2.23. The maximum absolute atomic E-state index is 10.3. The molecule has 0 N–H and O–H groups in total. The summed E-state index contributed by atoms with van der Waals surface area (Å²) in [6, 6.07) is 0. The van der Waals surface area contributed by atoms with Gasteiger partial charge in [-0.3, -0.25) is 4.79 Å². The molecule has 0 aromatic carbocycles. The Labute approximate surface area is 76.6 Å². The molecule has 1 aliphatic rings. The Bertz CT molecular complexity index is 290. The van der Waals surface area contributed by atoms with E-state index in [-0.39, 0.29) is 5.82 Å². The second-order valence-corrected chi connectivity index (χ2v) is 3.11. The summed E-state index contributed by atoms with van der Waals surface area (Å²) in [6.45, 7) is 2.15. The molecule has 1 aliphatic heterocycles. The van der Waals surface area contributed by atoms with Crippen molar-refractivity contribution in [2.75, 3.05) is 18.0 Å². The predicted octanol–water partition coefficient (Wildman–Crippen LogP) is 0.889. The topological polar surface area (TPSA) is 46.1 Å². The lowest BCUT2D eigenvalue weighted by molar-refractivity contribution is 0.111. The molecule has 2 heterocycles. The van der Waals surface area contributed by atoms with E-state index in [1.54, 1.807) is 12.4 Å². The van der Waals surface area contributed by atoms with Gasteiger partial charge in [-0.1, -0.05) is 0 Å². The molecule has 0 spiro atoms. The van der Waals surface area contributed by atoms with Gasteiger partial charge in [0.05, 0.1) is 18.1 Å². The molecule has 68 valence electrons. The Morgan fingerprint density at radius 1 is 1.23 bits per heavy atom. The monoisotopic (exact) mass is 177 g/mol. The number of rotatable bonds is 2. The molecular weight excluding hydrogens is 166 g/mol. The zero-order chi connectivity index (χ0) is 9.10. The van der Waals surface area contributed by atoms with Crippen LogP contribution in [0, 0.1) is 0 Å². The Kier molecular flexibility index (Phi) is 2.21. The van der Waals surface area contributed by atoms with Gasteiger partial charge < -0.3 is 4.90 Å². The van der Waals surface area contributed by atoms with E-state index in [4.69, 9.17) is 0 Å². The van der Waals surface area contributed by atoms with Gasteiger partial charge in [0.1, 0.15) is 0 Å². The number of carbonyl (C=O) groups excluding carboxylic acids is 1. The third-order valence-electron chi connectivity index (χ3n) is 2.23. The summed E-state index contributed by atoms with van der Waals surface area (Å²) in [5.41, 5.74) is 1.02. The van der Waals surface area contributed by atoms with E-state index in [9.17, 15) is 4.79 Å². The number of anilines is 1. The summed E-state index contributed by atoms with van der Waals surface area (Å²) in [7, 11) is 0. The zero-order valence-electron chi connectivity index (χ0n) is 7.31. The van der Waals surface area contributed by atoms with E-state index < -0.39 is 0 Å². The first-order chi connectivity index (χ1) is 6.40. The summed E-state index contributed by atoms with van der Waals surface area (Å²) in [4.78, 5) is 20.4. The lowest BCUT2D eigenvalue weighted by atomic mass is 10.4. The number of carbonyl (C=O) groups is 1. The molecule has 0 amide bonds. The molecule has 0 saturated carbocycles. The van der Waals surface area contributed by atoms with Crippen LogP contribution in [0.3, 0.4) is 0 Å². The maximum Gasteiger partial charge on any atom is 0.192 e. The van der Waals surface area contributed by atoms with Crippen LogP contribution >= 0.6 is 0 Å². The van der Waals surface area contributed by atoms with Gasteiger partial charge in [0.25, 0.3) is 0 Å². The lowest BCUT2D eigenvalue weighted by Gasteiger charge is -2.15. The Morgan fingerprint density at radius 3 is 2.38 bits per heavy atom. The fourth-order valence-electron chi connectivity index (χ4n) is 1.53. The van der Waals surface area contributed by atoms with Gasteiger partial charge >= 0.3 is 0 Å². The number of nitrogens with zero attached hydrogens (tertiary/aromatic N) is 3. The van der Waals surface area contributed by atoms with Crippen LogP contribution in [0.5, 0.6) is 0 Å². The van der Waals surface area contributed by atoms with Crippen molar-refractivity contribution in [1.82, 2.24) is 9.97 Å². The molecule has 1 aromatic rings. The minimum absolute atomic E-state index is 0.253. The molecule has 1 saturated heterocycles. The average molecular weight is 177 g/mol. The first-order valence-corrected chi connectivity index (χ1v) is 4.42. The van der Waals surface area contributed by atoms with E-state index in [0.717, 1.165) is 18.8 Å². The highest BCUT2D eigenvalue weighted by Gasteiger charge is 2.12. The molecule has 0 radical (unpaired) electrons. The van der Waals surface area contributed by atoms with Crippen molar-refractivity contribution in [3.63, 3.8) is 0 Å². The van der Waals surface area contributed by atoms with E-state index >= 15 is 0 Å². The number of aldehydes is 1. The highest BCUT2D eigenvalue weighted by Crippen LogP contribution is 2.17. The molecule has 1 aromatic heterocycles. The molecule has 0 atom stereocenters. The summed E-state index contributed by atoms with van der Waals surface area (Å²) >= 11 is 0. The second-order valence-electron chi connectivity index (χ2n) is 3.11. The predicted molar refractivity (Wildman–Crippen MR) is 48.9 cm³/mol. The quantitative estimate of drug-likeness (QED) is 0.629. The van der Waals surface area contributed by atoms with Gasteiger partial charge in [0, 0.05) is 13.1 Å². The fourth-order valence-corrected chi connectivity index (χ4v) is 1.53. The highest BCUT2D eigenvalue weighted by atomic mass is 16.1. The first kappa shape index (κ1) is 8.16. The molecule has 13 heavy (non-hydrogen) atoms. The van der Waals surface area contributed by atoms with Crippen LogP contribution in [0.1, 0.15) is 23.5 Å². The maximum atomic E-state index is 10.3. The van der Waals surface area contributed by atoms with Crippen LogP contribution in [-0.4, -0.2) is 29.3 Å². The van der Waals surface area contributed by atoms with Crippen molar-refractivity contribution in [1.29, 1.82) is 0 Å². The fraction of sp³-hybridized carbons (Fsp3) is 0.444. The molecule has 1 fully saturated rings. The van der Waals surface area contributed by atoms with E-state index in [2.05, 4.69) is 14.9 Å². The van der Waals surface area contributed by atoms with Crippen LogP contribution in [0.25, 0.3) is 0 Å². The van der Waals surface area contributed by atoms with Crippen LogP contribution < -0.4 is 4.90 Å². The number of hydrogen-bond donors (Lipinski definition) is 0. The van der Waals surface area contributed by atoms with E-state index in [0.29, 0.717) is 6.29 Å². The Morgan fingerprint density at radius 2 is 1.85 bits per heavy atom. The zero-order valence-corrected chi connectivity index (χ0v) is 7.31. The van der Waals surface area contributed by atoms with Crippen molar-refractivity contribution in [3.8, 4) is 0 Å².